The van der Waals surface area contributed by atoms with Gasteiger partial charge in [-0.3, -0.25) is 14.4 Å². The number of nitrogens with one attached hydrogen (secondary N) is 2. The van der Waals surface area contributed by atoms with Crippen molar-refractivity contribution < 1.29 is 24.6 Å². The smallest absolute Gasteiger partial charge is 0.222 e. The van der Waals surface area contributed by atoms with E-state index in [4.69, 9.17) is 10.2 Å². The third kappa shape index (κ3) is 9.80. The summed E-state index contributed by atoms with van der Waals surface area (Å²) in [4.78, 5) is 35.7. The number of nitrogens with zero attached hydrogens (tertiary/aromatic N) is 1. The summed E-state index contributed by atoms with van der Waals surface area (Å²) < 4.78 is 0. The van der Waals surface area contributed by atoms with Crippen LogP contribution in [0.2, 0.25) is 0 Å². The topological polar surface area (TPSA) is 119 Å². The molecule has 122 valence electrons. The van der Waals surface area contributed by atoms with Gasteiger partial charge in [0.15, 0.2) is 0 Å². The first-order valence-corrected chi connectivity index (χ1v) is 7.08. The van der Waals surface area contributed by atoms with Crippen LogP contribution in [0.3, 0.4) is 0 Å². The van der Waals surface area contributed by atoms with Crippen molar-refractivity contribution in [2.45, 2.75) is 26.2 Å². The molecule has 0 saturated carbocycles. The molecule has 0 rings (SSSR count). The van der Waals surface area contributed by atoms with Crippen molar-refractivity contribution in [3.05, 3.63) is 0 Å². The molecule has 0 spiro atoms. The average molecular weight is 303 g/mol. The van der Waals surface area contributed by atoms with Crippen LogP contribution in [-0.2, 0) is 14.4 Å². The summed E-state index contributed by atoms with van der Waals surface area (Å²) in [5, 5.41) is 22.4. The minimum atomic E-state index is -0.266. The predicted octanol–water partition coefficient (Wildman–Crippen LogP) is -1.78. The molecular weight excluding hydrogens is 278 g/mol. The zero-order valence-corrected chi connectivity index (χ0v) is 12.4. The predicted molar refractivity (Wildman–Crippen MR) is 76.3 cm³/mol. The van der Waals surface area contributed by atoms with Crippen LogP contribution in [0.15, 0.2) is 0 Å². The van der Waals surface area contributed by atoms with Gasteiger partial charge in [0, 0.05) is 45.4 Å². The van der Waals surface area contributed by atoms with Crippen molar-refractivity contribution in [2.24, 2.45) is 0 Å². The van der Waals surface area contributed by atoms with E-state index in [0.717, 1.165) is 0 Å². The maximum atomic E-state index is 11.7. The molecule has 8 heteroatoms. The van der Waals surface area contributed by atoms with Gasteiger partial charge in [0.2, 0.25) is 17.7 Å². The molecule has 0 fully saturated rings. The molecule has 21 heavy (non-hydrogen) atoms. The molecule has 0 heterocycles. The molecular formula is C13H25N3O5. The van der Waals surface area contributed by atoms with Crippen LogP contribution in [0.1, 0.15) is 26.2 Å². The molecule has 0 aromatic heterocycles. The third-order valence-corrected chi connectivity index (χ3v) is 2.74. The van der Waals surface area contributed by atoms with Crippen LogP contribution in [0.5, 0.6) is 0 Å². The van der Waals surface area contributed by atoms with E-state index in [1.807, 2.05) is 0 Å². The Morgan fingerprint density at radius 3 is 1.67 bits per heavy atom. The lowest BCUT2D eigenvalue weighted by atomic mass is 10.3. The minimum absolute atomic E-state index is 0.0406. The summed E-state index contributed by atoms with van der Waals surface area (Å²) >= 11 is 0. The van der Waals surface area contributed by atoms with Crippen molar-refractivity contribution >= 4 is 17.7 Å². The number of amides is 3. The van der Waals surface area contributed by atoms with E-state index in [-0.39, 0.29) is 43.8 Å². The van der Waals surface area contributed by atoms with Gasteiger partial charge in [-0.1, -0.05) is 6.92 Å². The fraction of sp³-hybridized carbons (Fsp3) is 0.769. The highest BCUT2D eigenvalue weighted by atomic mass is 16.3. The number of aliphatic hydroxyl groups excluding tert-OH is 2. The van der Waals surface area contributed by atoms with Crippen molar-refractivity contribution in [1.29, 1.82) is 0 Å². The second-order valence-electron chi connectivity index (χ2n) is 4.38. The number of carbonyl (C=O) groups is 3. The average Bonchev–Trinajstić information content (AvgIpc) is 2.45. The lowest BCUT2D eigenvalue weighted by molar-refractivity contribution is -0.132. The van der Waals surface area contributed by atoms with Crippen molar-refractivity contribution in [2.75, 3.05) is 39.4 Å². The van der Waals surface area contributed by atoms with Gasteiger partial charge < -0.3 is 25.7 Å². The fourth-order valence-electron chi connectivity index (χ4n) is 1.63. The molecule has 0 saturated heterocycles. The zero-order valence-electron chi connectivity index (χ0n) is 12.4. The Kier molecular flexibility index (Phi) is 11.1. The summed E-state index contributed by atoms with van der Waals surface area (Å²) in [6, 6.07) is 0. The van der Waals surface area contributed by atoms with Crippen molar-refractivity contribution in [1.82, 2.24) is 15.5 Å². The van der Waals surface area contributed by atoms with Gasteiger partial charge in [0.1, 0.15) is 0 Å². The molecule has 0 aliphatic rings. The Bertz CT molecular complexity index is 312. The van der Waals surface area contributed by atoms with E-state index in [1.165, 1.54) is 0 Å². The molecule has 0 unspecified atom stereocenters. The summed E-state index contributed by atoms with van der Waals surface area (Å²) in [6.07, 6.45) is 0.424. The third-order valence-electron chi connectivity index (χ3n) is 2.74. The number of hydrogen-bond acceptors (Lipinski definition) is 5. The van der Waals surface area contributed by atoms with E-state index in [1.54, 1.807) is 11.8 Å². The summed E-state index contributed by atoms with van der Waals surface area (Å²) in [5.41, 5.74) is 0. The Balaban J connectivity index is 4.06. The van der Waals surface area contributed by atoms with E-state index in [9.17, 15) is 14.4 Å². The Labute approximate surface area is 124 Å². The summed E-state index contributed by atoms with van der Waals surface area (Å²) in [5.74, 6) is -0.599. The number of hydrogen-bond donors (Lipinski definition) is 4. The van der Waals surface area contributed by atoms with Gasteiger partial charge in [-0.2, -0.15) is 0 Å². The normalized spacial score (nSPS) is 10.0. The molecule has 8 nitrogen and oxygen atoms in total. The number of carbonyl (C=O) groups excluding carboxylic acids is 3. The maximum Gasteiger partial charge on any atom is 0.222 e. The molecule has 0 bridgehead atoms. The largest absolute Gasteiger partial charge is 0.396 e. The van der Waals surface area contributed by atoms with E-state index in [2.05, 4.69) is 10.6 Å². The zero-order chi connectivity index (χ0) is 16.1. The first-order valence-electron chi connectivity index (χ1n) is 7.08. The molecule has 0 radical (unpaired) electrons. The lowest BCUT2D eigenvalue weighted by Gasteiger charge is -2.22. The second kappa shape index (κ2) is 12.1. The summed E-state index contributed by atoms with van der Waals surface area (Å²) in [7, 11) is 0. The maximum absolute atomic E-state index is 11.7. The van der Waals surface area contributed by atoms with Gasteiger partial charge in [-0.05, 0) is 0 Å². The Morgan fingerprint density at radius 2 is 1.33 bits per heavy atom. The van der Waals surface area contributed by atoms with Crippen LogP contribution in [0.4, 0.5) is 0 Å². The number of aliphatic hydroxyl groups is 2. The lowest BCUT2D eigenvalue weighted by Crippen LogP contribution is -2.42. The van der Waals surface area contributed by atoms with Crippen LogP contribution < -0.4 is 10.6 Å². The van der Waals surface area contributed by atoms with Crippen LogP contribution in [-0.4, -0.2) is 72.2 Å². The molecule has 0 aliphatic heterocycles. The highest BCUT2D eigenvalue weighted by Crippen LogP contribution is 1.93. The van der Waals surface area contributed by atoms with Crippen molar-refractivity contribution in [3.63, 3.8) is 0 Å². The Morgan fingerprint density at radius 1 is 0.905 bits per heavy atom. The van der Waals surface area contributed by atoms with E-state index in [0.29, 0.717) is 32.6 Å². The van der Waals surface area contributed by atoms with Gasteiger partial charge in [-0.15, -0.1) is 0 Å². The molecule has 4 N–H and O–H groups in total. The van der Waals surface area contributed by atoms with Crippen molar-refractivity contribution in [3.8, 4) is 0 Å². The minimum Gasteiger partial charge on any atom is -0.396 e. The van der Waals surface area contributed by atoms with Gasteiger partial charge in [-0.25, -0.2) is 0 Å². The molecule has 3 amide bonds. The monoisotopic (exact) mass is 303 g/mol. The standard InChI is InChI=1S/C13H25N3O5/c1-2-13(21)16(7-5-14-11(19)3-9-17)8-6-15-12(20)4-10-18/h17-18H,2-10H2,1H3,(H,14,19)(H,15,20). The molecule has 0 aliphatic carbocycles. The van der Waals surface area contributed by atoms with E-state index < -0.39 is 0 Å². The van der Waals surface area contributed by atoms with E-state index >= 15 is 0 Å². The SMILES string of the molecule is CCC(=O)N(CCNC(=O)CCO)CCNC(=O)CCO. The highest BCUT2D eigenvalue weighted by Gasteiger charge is 2.12. The first-order chi connectivity index (χ1) is 10.0. The summed E-state index contributed by atoms with van der Waals surface area (Å²) in [6.45, 7) is 2.62. The van der Waals surface area contributed by atoms with Gasteiger partial charge in [0.05, 0.1) is 13.2 Å². The Hall–Kier alpha value is -1.67. The molecule has 0 aromatic carbocycles. The molecule has 0 aromatic rings. The van der Waals surface area contributed by atoms with Gasteiger partial charge in [0.25, 0.3) is 0 Å². The quantitative estimate of drug-likeness (QED) is 0.360. The van der Waals surface area contributed by atoms with Crippen LogP contribution in [0, 0.1) is 0 Å². The number of rotatable bonds is 11. The fourth-order valence-corrected chi connectivity index (χ4v) is 1.63. The molecule has 0 atom stereocenters. The second-order valence-corrected chi connectivity index (χ2v) is 4.38. The van der Waals surface area contributed by atoms with Crippen LogP contribution >= 0.6 is 0 Å². The van der Waals surface area contributed by atoms with Gasteiger partial charge >= 0.3 is 0 Å². The highest BCUT2D eigenvalue weighted by molar-refractivity contribution is 5.77. The van der Waals surface area contributed by atoms with Crippen LogP contribution in [0.25, 0.3) is 0 Å². The first kappa shape index (κ1) is 19.3.